The van der Waals surface area contributed by atoms with E-state index >= 15 is 0 Å². The van der Waals surface area contributed by atoms with Gasteiger partial charge in [-0.25, -0.2) is 4.79 Å². The fourth-order valence-corrected chi connectivity index (χ4v) is 2.68. The highest BCUT2D eigenvalue weighted by molar-refractivity contribution is 6.33. The first kappa shape index (κ1) is 15.5. The maximum Gasteiger partial charge on any atom is 0.328 e. The standard InChI is InChI=1S/C15H14ClN3O4/c16-10-4-2-1-3-9(10)11-7-12(18-17-11)14(20)19-5-6-23-8-13(19)15(21)22/h1-4,7,13H,5-6,8H2,(H,17,18)(H,21,22). The number of halogens is 1. The Morgan fingerprint density at radius 1 is 1.39 bits per heavy atom. The Bertz CT molecular complexity index is 746. The van der Waals surface area contributed by atoms with E-state index in [-0.39, 0.29) is 18.8 Å². The number of morpholine rings is 1. The second kappa shape index (κ2) is 6.39. The van der Waals surface area contributed by atoms with Crippen molar-refractivity contribution in [1.29, 1.82) is 0 Å². The molecule has 1 unspecified atom stereocenters. The monoisotopic (exact) mass is 335 g/mol. The third kappa shape index (κ3) is 3.06. The summed E-state index contributed by atoms with van der Waals surface area (Å²) in [7, 11) is 0. The van der Waals surface area contributed by atoms with Crippen LogP contribution in [0.5, 0.6) is 0 Å². The molecule has 8 heteroatoms. The lowest BCUT2D eigenvalue weighted by Gasteiger charge is -2.32. The normalized spacial score (nSPS) is 18.0. The van der Waals surface area contributed by atoms with Gasteiger partial charge in [-0.2, -0.15) is 5.10 Å². The number of amides is 1. The Morgan fingerprint density at radius 2 is 2.17 bits per heavy atom. The SMILES string of the molecule is O=C(O)C1COCCN1C(=O)c1cc(-c2ccccc2Cl)n[nH]1. The van der Waals surface area contributed by atoms with E-state index in [1.54, 1.807) is 24.3 Å². The van der Waals surface area contributed by atoms with Crippen LogP contribution in [0.1, 0.15) is 10.5 Å². The van der Waals surface area contributed by atoms with Crippen molar-refractivity contribution >= 4 is 23.5 Å². The molecule has 1 aromatic carbocycles. The largest absolute Gasteiger partial charge is 0.480 e. The summed E-state index contributed by atoms with van der Waals surface area (Å²) < 4.78 is 5.13. The van der Waals surface area contributed by atoms with Crippen molar-refractivity contribution in [2.45, 2.75) is 6.04 Å². The number of aliphatic carboxylic acids is 1. The van der Waals surface area contributed by atoms with Gasteiger partial charge in [0.25, 0.3) is 5.91 Å². The van der Waals surface area contributed by atoms with E-state index in [1.807, 2.05) is 6.07 Å². The first-order valence-corrected chi connectivity index (χ1v) is 7.37. The van der Waals surface area contributed by atoms with Crippen LogP contribution in [0.2, 0.25) is 5.02 Å². The number of rotatable bonds is 3. The second-order valence-corrected chi connectivity index (χ2v) is 5.48. The molecule has 3 rings (SSSR count). The number of carbonyl (C=O) groups excluding carboxylic acids is 1. The topological polar surface area (TPSA) is 95.5 Å². The molecule has 0 spiro atoms. The Balaban J connectivity index is 1.86. The molecule has 23 heavy (non-hydrogen) atoms. The van der Waals surface area contributed by atoms with Gasteiger partial charge >= 0.3 is 5.97 Å². The zero-order valence-corrected chi connectivity index (χ0v) is 12.8. The molecule has 2 aromatic rings. The minimum absolute atomic E-state index is 0.0212. The quantitative estimate of drug-likeness (QED) is 0.889. The van der Waals surface area contributed by atoms with Crippen LogP contribution in [-0.2, 0) is 9.53 Å². The number of aromatic nitrogens is 2. The van der Waals surface area contributed by atoms with Crippen LogP contribution in [-0.4, -0.2) is 57.9 Å². The van der Waals surface area contributed by atoms with Gasteiger partial charge in [-0.3, -0.25) is 9.89 Å². The van der Waals surface area contributed by atoms with Gasteiger partial charge in [-0.15, -0.1) is 0 Å². The number of nitrogens with one attached hydrogen (secondary N) is 1. The molecule has 7 nitrogen and oxygen atoms in total. The number of carboxylic acid groups (broad SMARTS) is 1. The zero-order valence-electron chi connectivity index (χ0n) is 12.0. The van der Waals surface area contributed by atoms with Crippen LogP contribution in [0.15, 0.2) is 30.3 Å². The van der Waals surface area contributed by atoms with E-state index in [9.17, 15) is 14.7 Å². The van der Waals surface area contributed by atoms with Gasteiger partial charge in [0, 0.05) is 12.1 Å². The van der Waals surface area contributed by atoms with Crippen LogP contribution in [0, 0.1) is 0 Å². The fourth-order valence-electron chi connectivity index (χ4n) is 2.44. The zero-order chi connectivity index (χ0) is 16.4. The molecule has 1 amide bonds. The number of ether oxygens (including phenoxy) is 1. The molecular weight excluding hydrogens is 322 g/mol. The van der Waals surface area contributed by atoms with E-state index in [2.05, 4.69) is 10.2 Å². The van der Waals surface area contributed by atoms with Gasteiger partial charge in [0.15, 0.2) is 6.04 Å². The van der Waals surface area contributed by atoms with Gasteiger partial charge in [0.2, 0.25) is 0 Å². The van der Waals surface area contributed by atoms with Crippen LogP contribution in [0.25, 0.3) is 11.3 Å². The first-order valence-electron chi connectivity index (χ1n) is 7.00. The van der Waals surface area contributed by atoms with Crippen molar-refractivity contribution in [3.8, 4) is 11.3 Å². The molecule has 1 saturated heterocycles. The van der Waals surface area contributed by atoms with E-state index < -0.39 is 17.9 Å². The maximum absolute atomic E-state index is 12.5. The first-order chi connectivity index (χ1) is 11.1. The van der Waals surface area contributed by atoms with Crippen molar-refractivity contribution in [2.75, 3.05) is 19.8 Å². The molecule has 1 fully saturated rings. The van der Waals surface area contributed by atoms with Crippen molar-refractivity contribution in [2.24, 2.45) is 0 Å². The molecule has 120 valence electrons. The number of H-pyrrole nitrogens is 1. The molecule has 1 atom stereocenters. The van der Waals surface area contributed by atoms with Crippen LogP contribution in [0.4, 0.5) is 0 Å². The minimum Gasteiger partial charge on any atom is -0.480 e. The highest BCUT2D eigenvalue weighted by atomic mass is 35.5. The Labute approximate surface area is 136 Å². The summed E-state index contributed by atoms with van der Waals surface area (Å²) in [5, 5.41) is 16.5. The molecule has 0 saturated carbocycles. The fraction of sp³-hybridized carbons (Fsp3) is 0.267. The van der Waals surface area contributed by atoms with E-state index in [0.717, 1.165) is 0 Å². The summed E-state index contributed by atoms with van der Waals surface area (Å²) in [4.78, 5) is 25.1. The molecule has 2 N–H and O–H groups in total. The Morgan fingerprint density at radius 3 is 2.91 bits per heavy atom. The summed E-state index contributed by atoms with van der Waals surface area (Å²) >= 11 is 6.12. The lowest BCUT2D eigenvalue weighted by Crippen LogP contribution is -2.52. The van der Waals surface area contributed by atoms with Crippen LogP contribution < -0.4 is 0 Å². The molecule has 0 radical (unpaired) electrons. The number of hydrogen-bond acceptors (Lipinski definition) is 4. The second-order valence-electron chi connectivity index (χ2n) is 5.07. The molecular formula is C15H14ClN3O4. The molecule has 0 bridgehead atoms. The lowest BCUT2D eigenvalue weighted by atomic mass is 10.1. The average Bonchev–Trinajstić information content (AvgIpc) is 3.04. The number of nitrogens with zero attached hydrogens (tertiary/aromatic N) is 2. The van der Waals surface area contributed by atoms with Gasteiger partial charge in [0.1, 0.15) is 5.69 Å². The number of carbonyl (C=O) groups is 2. The van der Waals surface area contributed by atoms with Crippen molar-refractivity contribution in [3.63, 3.8) is 0 Å². The van der Waals surface area contributed by atoms with Crippen LogP contribution >= 0.6 is 11.6 Å². The predicted molar refractivity (Wildman–Crippen MR) is 82.3 cm³/mol. The summed E-state index contributed by atoms with van der Waals surface area (Å²) in [5.41, 5.74) is 1.44. The third-order valence-corrected chi connectivity index (χ3v) is 3.96. The number of carboxylic acids is 1. The van der Waals surface area contributed by atoms with Gasteiger partial charge < -0.3 is 14.7 Å². The summed E-state index contributed by atoms with van der Waals surface area (Å²) in [6, 6.07) is 7.72. The minimum atomic E-state index is -1.09. The van der Waals surface area contributed by atoms with Crippen molar-refractivity contribution < 1.29 is 19.4 Å². The molecule has 1 aliphatic rings. The number of benzene rings is 1. The average molecular weight is 336 g/mol. The number of aromatic amines is 1. The van der Waals surface area contributed by atoms with Crippen LogP contribution in [0.3, 0.4) is 0 Å². The molecule has 0 aliphatic carbocycles. The molecule has 2 heterocycles. The summed E-state index contributed by atoms with van der Waals surface area (Å²) in [6.07, 6.45) is 0. The molecule has 1 aliphatic heterocycles. The van der Waals surface area contributed by atoms with Crippen molar-refractivity contribution in [3.05, 3.63) is 41.0 Å². The highest BCUT2D eigenvalue weighted by Crippen LogP contribution is 2.26. The smallest absolute Gasteiger partial charge is 0.328 e. The predicted octanol–water partition coefficient (Wildman–Crippen LogP) is 1.66. The van der Waals surface area contributed by atoms with Crippen molar-refractivity contribution in [1.82, 2.24) is 15.1 Å². The Kier molecular flexibility index (Phi) is 4.31. The maximum atomic E-state index is 12.5. The highest BCUT2D eigenvalue weighted by Gasteiger charge is 2.34. The van der Waals surface area contributed by atoms with E-state index in [4.69, 9.17) is 16.3 Å². The van der Waals surface area contributed by atoms with E-state index in [0.29, 0.717) is 22.9 Å². The summed E-state index contributed by atoms with van der Waals surface area (Å²) in [6.45, 7) is 0.504. The van der Waals surface area contributed by atoms with Gasteiger partial charge in [-0.1, -0.05) is 29.8 Å². The number of hydrogen-bond donors (Lipinski definition) is 2. The third-order valence-electron chi connectivity index (χ3n) is 3.63. The molecule has 1 aromatic heterocycles. The lowest BCUT2D eigenvalue weighted by molar-refractivity contribution is -0.147. The Hall–Kier alpha value is -2.38. The van der Waals surface area contributed by atoms with Gasteiger partial charge in [-0.05, 0) is 12.1 Å². The van der Waals surface area contributed by atoms with E-state index in [1.165, 1.54) is 4.90 Å². The van der Waals surface area contributed by atoms with Gasteiger partial charge in [0.05, 0.1) is 23.9 Å². The summed E-state index contributed by atoms with van der Waals surface area (Å²) in [5.74, 6) is -1.52.